The molecule has 32 heavy (non-hydrogen) atoms. The molecule has 1 N–H and O–H groups in total. The minimum absolute atomic E-state index is 0.0544. The number of rotatable bonds is 8. The molecule has 0 saturated carbocycles. The zero-order valence-electron chi connectivity index (χ0n) is 16.9. The van der Waals surface area contributed by atoms with Crippen molar-refractivity contribution in [3.63, 3.8) is 0 Å². The van der Waals surface area contributed by atoms with Crippen LogP contribution in [0, 0.1) is 11.6 Å². The van der Waals surface area contributed by atoms with Crippen molar-refractivity contribution in [2.45, 2.75) is 0 Å². The fourth-order valence-electron chi connectivity index (χ4n) is 2.85. The number of thiophene rings is 1. The Kier molecular flexibility index (Phi) is 6.52. The van der Waals surface area contributed by atoms with Crippen molar-refractivity contribution in [3.05, 3.63) is 77.4 Å². The number of halogens is 2. The van der Waals surface area contributed by atoms with Crippen molar-refractivity contribution >= 4 is 22.9 Å². The monoisotopic (exact) mass is 456 g/mol. The molecule has 0 aliphatic carbocycles. The molecule has 4 aromatic rings. The average Bonchev–Trinajstić information content (AvgIpc) is 3.46. The minimum Gasteiger partial charge on any atom is -0.488 e. The quantitative estimate of drug-likeness (QED) is 0.394. The maximum absolute atomic E-state index is 14.3. The molecule has 1 amide bonds. The zero-order valence-corrected chi connectivity index (χ0v) is 17.7. The van der Waals surface area contributed by atoms with E-state index in [0.29, 0.717) is 18.1 Å². The third-order valence-corrected chi connectivity index (χ3v) is 5.22. The van der Waals surface area contributed by atoms with E-state index in [1.54, 1.807) is 12.1 Å². The van der Waals surface area contributed by atoms with E-state index in [1.807, 2.05) is 17.5 Å². The lowest BCUT2D eigenvalue weighted by atomic mass is 10.3. The summed E-state index contributed by atoms with van der Waals surface area (Å²) in [6.07, 6.45) is 0. The smallest absolute Gasteiger partial charge is 0.295 e. The average molecular weight is 456 g/mol. The number of aromatic nitrogens is 3. The Balaban J connectivity index is 1.58. The van der Waals surface area contributed by atoms with E-state index in [1.165, 1.54) is 47.4 Å². The molecular weight excluding hydrogens is 438 g/mol. The second kappa shape index (κ2) is 9.67. The number of nitrogens with zero attached hydrogens (tertiary/aromatic N) is 3. The third kappa shape index (κ3) is 4.82. The van der Waals surface area contributed by atoms with Gasteiger partial charge in [-0.05, 0) is 47.8 Å². The molecular formula is C22H18F2N4O3S. The van der Waals surface area contributed by atoms with E-state index in [0.717, 1.165) is 10.9 Å². The highest BCUT2D eigenvalue weighted by Gasteiger charge is 2.20. The van der Waals surface area contributed by atoms with Gasteiger partial charge in [0, 0.05) is 18.9 Å². The van der Waals surface area contributed by atoms with E-state index < -0.39 is 11.7 Å². The van der Waals surface area contributed by atoms with Crippen LogP contribution in [0.1, 0.15) is 10.6 Å². The van der Waals surface area contributed by atoms with E-state index >= 15 is 0 Å². The van der Waals surface area contributed by atoms with E-state index in [4.69, 9.17) is 9.47 Å². The van der Waals surface area contributed by atoms with Gasteiger partial charge in [-0.1, -0.05) is 6.07 Å². The van der Waals surface area contributed by atoms with Crippen LogP contribution in [0.2, 0.25) is 0 Å². The molecule has 0 radical (unpaired) electrons. The van der Waals surface area contributed by atoms with Crippen LogP contribution in [-0.2, 0) is 4.74 Å². The van der Waals surface area contributed by atoms with Crippen LogP contribution in [0.15, 0.2) is 60.0 Å². The van der Waals surface area contributed by atoms with Crippen molar-refractivity contribution in [2.75, 3.05) is 25.6 Å². The summed E-state index contributed by atoms with van der Waals surface area (Å²) in [4.78, 5) is 17.9. The first kappa shape index (κ1) is 21.6. The summed E-state index contributed by atoms with van der Waals surface area (Å²) in [7, 11) is 1.52. The van der Waals surface area contributed by atoms with Crippen molar-refractivity contribution in [1.29, 1.82) is 0 Å². The molecule has 0 saturated heterocycles. The standard InChI is InChI=1S/C22H18F2N4O3S/c1-30-10-11-31-18-9-6-15(13-17(18)24)25-22(29)20-26-21(19-3-2-12-32-19)28(27-20)16-7-4-14(23)5-8-16/h2-9,12-13H,10-11H2,1H3,(H,25,29). The van der Waals surface area contributed by atoms with Gasteiger partial charge < -0.3 is 14.8 Å². The van der Waals surface area contributed by atoms with Gasteiger partial charge in [0.05, 0.1) is 17.2 Å². The first-order chi connectivity index (χ1) is 15.5. The molecule has 7 nitrogen and oxygen atoms in total. The Hall–Kier alpha value is -3.63. The van der Waals surface area contributed by atoms with Crippen molar-refractivity contribution < 1.29 is 23.0 Å². The molecule has 2 aromatic heterocycles. The van der Waals surface area contributed by atoms with E-state index in [-0.39, 0.29) is 29.7 Å². The van der Waals surface area contributed by atoms with E-state index in [9.17, 15) is 13.6 Å². The number of benzene rings is 2. The summed E-state index contributed by atoms with van der Waals surface area (Å²) in [5, 5.41) is 8.76. The highest BCUT2D eigenvalue weighted by atomic mass is 32.1. The van der Waals surface area contributed by atoms with Crippen LogP contribution in [0.5, 0.6) is 5.75 Å². The van der Waals surface area contributed by atoms with Gasteiger partial charge in [-0.25, -0.2) is 18.4 Å². The first-order valence-corrected chi connectivity index (χ1v) is 10.4. The number of carbonyl (C=O) groups is 1. The lowest BCUT2D eigenvalue weighted by molar-refractivity contribution is 0.101. The Bertz CT molecular complexity index is 1210. The van der Waals surface area contributed by atoms with Gasteiger partial charge >= 0.3 is 0 Å². The molecule has 0 aliphatic rings. The van der Waals surface area contributed by atoms with Gasteiger partial charge in [0.1, 0.15) is 12.4 Å². The molecule has 0 bridgehead atoms. The van der Waals surface area contributed by atoms with Crippen LogP contribution >= 0.6 is 11.3 Å². The summed E-state index contributed by atoms with van der Waals surface area (Å²) >= 11 is 1.43. The number of nitrogens with one attached hydrogen (secondary N) is 1. The molecule has 2 heterocycles. The fraction of sp³-hybridized carbons (Fsp3) is 0.136. The summed E-state index contributed by atoms with van der Waals surface area (Å²) < 4.78 is 39.2. The van der Waals surface area contributed by atoms with Gasteiger partial charge in [0.2, 0.25) is 5.82 Å². The summed E-state index contributed by atoms with van der Waals surface area (Å²) in [6.45, 7) is 0.530. The van der Waals surface area contributed by atoms with Crippen LogP contribution < -0.4 is 10.1 Å². The van der Waals surface area contributed by atoms with Gasteiger partial charge in [0.15, 0.2) is 17.4 Å². The summed E-state index contributed by atoms with van der Waals surface area (Å²) in [6, 6.07) is 13.5. The van der Waals surface area contributed by atoms with Crippen LogP contribution in [0.4, 0.5) is 14.5 Å². The number of methoxy groups -OCH3 is 1. The molecule has 0 atom stereocenters. The van der Waals surface area contributed by atoms with Crippen LogP contribution in [-0.4, -0.2) is 41.0 Å². The van der Waals surface area contributed by atoms with Crippen molar-refractivity contribution in [1.82, 2.24) is 14.8 Å². The molecule has 4 rings (SSSR count). The summed E-state index contributed by atoms with van der Waals surface area (Å²) in [5.74, 6) is -1.25. The number of ether oxygens (including phenoxy) is 2. The number of carbonyl (C=O) groups excluding carboxylic acids is 1. The van der Waals surface area contributed by atoms with Crippen LogP contribution in [0.25, 0.3) is 16.4 Å². The molecule has 0 fully saturated rings. The zero-order chi connectivity index (χ0) is 22.5. The molecule has 0 aliphatic heterocycles. The number of anilines is 1. The predicted molar refractivity (Wildman–Crippen MR) is 116 cm³/mol. The normalized spacial score (nSPS) is 10.8. The van der Waals surface area contributed by atoms with Crippen molar-refractivity contribution in [2.24, 2.45) is 0 Å². The second-order valence-corrected chi connectivity index (χ2v) is 7.51. The molecule has 0 spiro atoms. The van der Waals surface area contributed by atoms with Gasteiger partial charge in [-0.15, -0.1) is 16.4 Å². The highest BCUT2D eigenvalue weighted by Crippen LogP contribution is 2.26. The lowest BCUT2D eigenvalue weighted by Gasteiger charge is -2.08. The maximum Gasteiger partial charge on any atom is 0.295 e. The predicted octanol–water partition coefficient (Wildman–Crippen LogP) is 4.55. The van der Waals surface area contributed by atoms with Gasteiger partial charge in [0.25, 0.3) is 5.91 Å². The highest BCUT2D eigenvalue weighted by molar-refractivity contribution is 7.13. The SMILES string of the molecule is COCCOc1ccc(NC(=O)c2nc(-c3cccs3)n(-c3ccc(F)cc3)n2)cc1F. The minimum atomic E-state index is -0.622. The number of hydrogen-bond donors (Lipinski definition) is 1. The number of hydrogen-bond acceptors (Lipinski definition) is 6. The molecule has 0 unspecified atom stereocenters. The Labute approximate surface area is 186 Å². The van der Waals surface area contributed by atoms with Crippen molar-refractivity contribution in [3.8, 4) is 22.1 Å². The first-order valence-electron chi connectivity index (χ1n) is 9.54. The van der Waals surface area contributed by atoms with Gasteiger partial charge in [-0.2, -0.15) is 0 Å². The largest absolute Gasteiger partial charge is 0.488 e. The topological polar surface area (TPSA) is 78.3 Å². The van der Waals surface area contributed by atoms with E-state index in [2.05, 4.69) is 15.4 Å². The third-order valence-electron chi connectivity index (χ3n) is 4.36. The molecule has 2 aromatic carbocycles. The maximum atomic E-state index is 14.3. The van der Waals surface area contributed by atoms with Gasteiger partial charge in [-0.3, -0.25) is 4.79 Å². The fourth-order valence-corrected chi connectivity index (χ4v) is 3.55. The molecule has 164 valence electrons. The number of amides is 1. The summed E-state index contributed by atoms with van der Waals surface area (Å²) in [5.41, 5.74) is 0.771. The van der Waals surface area contributed by atoms with Crippen LogP contribution in [0.3, 0.4) is 0 Å². The Morgan fingerprint density at radius 1 is 1.12 bits per heavy atom. The lowest BCUT2D eigenvalue weighted by Crippen LogP contribution is -2.14. The molecule has 10 heteroatoms. The Morgan fingerprint density at radius 2 is 1.94 bits per heavy atom. The second-order valence-electron chi connectivity index (χ2n) is 6.57. The Morgan fingerprint density at radius 3 is 2.62 bits per heavy atom.